The summed E-state index contributed by atoms with van der Waals surface area (Å²) < 4.78 is 96.2. The van der Waals surface area contributed by atoms with E-state index in [-0.39, 0.29) is 35.9 Å². The molecule has 0 amide bonds. The monoisotopic (exact) mass is 1870 g/mol. The maximum absolute atomic E-state index is 14.7. The highest BCUT2D eigenvalue weighted by atomic mass is 19.1. The van der Waals surface area contributed by atoms with Gasteiger partial charge in [-0.05, 0) is 132 Å². The lowest BCUT2D eigenvalue weighted by Crippen LogP contribution is -2.49. The molecule has 0 bridgehead atoms. The van der Waals surface area contributed by atoms with Crippen molar-refractivity contribution in [3.05, 3.63) is 272 Å². The third-order valence-corrected chi connectivity index (χ3v) is 26.4. The summed E-state index contributed by atoms with van der Waals surface area (Å²) in [6.45, 7) is 16.1. The Labute approximate surface area is 792 Å². The van der Waals surface area contributed by atoms with Crippen LogP contribution in [0.1, 0.15) is 128 Å². The average molecular weight is 1870 g/mol. The molecule has 0 unspecified atom stereocenters. The predicted octanol–water partition coefficient (Wildman–Crippen LogP) is 13.9. The molecule has 8 N–H and O–H groups in total. The second kappa shape index (κ2) is 38.5. The van der Waals surface area contributed by atoms with Gasteiger partial charge in [-0.2, -0.15) is 20.4 Å². The average Bonchev–Trinajstić information content (AvgIpc) is 1.62. The first-order valence-electron chi connectivity index (χ1n) is 47.0. The summed E-state index contributed by atoms with van der Waals surface area (Å²) in [4.78, 5) is 40.6. The van der Waals surface area contributed by atoms with Crippen molar-refractivity contribution in [3.63, 3.8) is 0 Å². The van der Waals surface area contributed by atoms with Crippen LogP contribution in [0.5, 0.6) is 23.0 Å². The van der Waals surface area contributed by atoms with Crippen LogP contribution >= 0.6 is 0 Å². The number of aliphatic hydroxyl groups excluding tert-OH is 1. The zero-order valence-corrected chi connectivity index (χ0v) is 78.1. The first-order valence-corrected chi connectivity index (χ1v) is 47.0. The summed E-state index contributed by atoms with van der Waals surface area (Å²) >= 11 is 0. The number of β-amino-alcohol motifs (C(OH)–C–C–N with tert-alkyl or cyclic N) is 1. The summed E-state index contributed by atoms with van der Waals surface area (Å²) in [5, 5.41) is 51.5. The van der Waals surface area contributed by atoms with Gasteiger partial charge in [0.2, 0.25) is 23.8 Å². The normalized spacial score (nSPS) is 14.7. The third kappa shape index (κ3) is 18.7. The largest absolute Gasteiger partial charge is 0.493 e. The second-order valence-corrected chi connectivity index (χ2v) is 36.3. The predicted molar refractivity (Wildman–Crippen MR) is 514 cm³/mol. The lowest BCUT2D eigenvalue weighted by Gasteiger charge is -2.35. The second-order valence-electron chi connectivity index (χ2n) is 36.3. The van der Waals surface area contributed by atoms with Crippen LogP contribution in [0.3, 0.4) is 0 Å². The molecular formula is C101H108F4N28O5. The van der Waals surface area contributed by atoms with Crippen molar-refractivity contribution in [1.82, 2.24) is 117 Å². The quantitative estimate of drug-likeness (QED) is 0.0211. The Bertz CT molecular complexity index is 7420. The van der Waals surface area contributed by atoms with Crippen molar-refractivity contribution in [2.24, 2.45) is 28.2 Å². The number of likely N-dealkylation sites (tertiary alicyclic amines) is 1. The molecule has 138 heavy (non-hydrogen) atoms. The van der Waals surface area contributed by atoms with E-state index in [1.165, 1.54) is 61.9 Å². The molecule has 2 saturated carbocycles. The van der Waals surface area contributed by atoms with Crippen LogP contribution in [0.4, 0.5) is 41.4 Å². The van der Waals surface area contributed by atoms with Crippen molar-refractivity contribution in [3.8, 4) is 68.0 Å². The van der Waals surface area contributed by atoms with Crippen LogP contribution in [0.2, 0.25) is 0 Å². The summed E-state index contributed by atoms with van der Waals surface area (Å²) in [5.74, 6) is 4.50. The molecule has 0 radical (unpaired) electrons. The molecule has 12 aromatic heterocycles. The van der Waals surface area contributed by atoms with E-state index in [9.17, 15) is 22.7 Å². The van der Waals surface area contributed by atoms with Crippen molar-refractivity contribution >= 4 is 46.4 Å². The van der Waals surface area contributed by atoms with Gasteiger partial charge in [-0.25, -0.2) is 57.4 Å². The molecule has 0 spiro atoms. The van der Waals surface area contributed by atoms with E-state index >= 15 is 0 Å². The SMILES string of the molecule is Cc1cc(-c2cnc(NCc3c(F)ccc4c3CCO4)n3cc(CN4CC(O)C4)nc23)n(C)n1.Cc1cc(-c2cnc(NCc3c(F)ccc4c3CCO4)n3cc(CNC4CC4)nc23)n(C)n1.Cc1cc(-c2cnc(NCc3c(F)ccc4c3CCO4)n3cc(CNC4CCC4)nc23)n(C)n1.Cc1cc(-c2cnc(NCc3c(F)ccc4c3CCO4)n3cc(CNCc4ccccc4)nc23)n(C)n1. The van der Waals surface area contributed by atoms with Crippen LogP contribution in [0.15, 0.2) is 153 Å². The first kappa shape index (κ1) is 89.8. The number of nitrogens with zero attached hydrogens (tertiary/aromatic N) is 21. The number of rotatable bonds is 28. The molecule has 33 nitrogen and oxygen atoms in total. The number of ether oxygens (including phenoxy) is 4. The Hall–Kier alpha value is -14.7. The summed E-state index contributed by atoms with van der Waals surface area (Å²) in [6, 6.07) is 32.2. The molecule has 2 aliphatic carbocycles. The highest BCUT2D eigenvalue weighted by molar-refractivity contribution is 5.80. The number of imidazole rings is 4. The minimum Gasteiger partial charge on any atom is -0.493 e. The zero-order chi connectivity index (χ0) is 94.5. The Morgan fingerprint density at radius 1 is 0.370 bits per heavy atom. The van der Waals surface area contributed by atoms with Gasteiger partial charge in [0, 0.05) is 232 Å². The number of anilines is 4. The van der Waals surface area contributed by atoms with Gasteiger partial charge >= 0.3 is 0 Å². The number of aryl methyl sites for hydroxylation is 8. The lowest BCUT2D eigenvalue weighted by atomic mass is 9.93. The van der Waals surface area contributed by atoms with Crippen LogP contribution in [-0.2, 0) is 113 Å². The molecule has 3 fully saturated rings. The molecule has 17 aromatic rings. The minimum atomic E-state index is -0.268. The highest BCUT2D eigenvalue weighted by Crippen LogP contribution is 2.39. The number of fused-ring (bicyclic) bond motifs is 8. The fourth-order valence-electron chi connectivity index (χ4n) is 19.1. The van der Waals surface area contributed by atoms with Crippen molar-refractivity contribution < 1.29 is 41.6 Å². The van der Waals surface area contributed by atoms with E-state index in [2.05, 4.69) is 84.6 Å². The van der Waals surface area contributed by atoms with E-state index in [0.29, 0.717) is 169 Å². The van der Waals surface area contributed by atoms with Gasteiger partial charge in [0.05, 0.1) is 123 Å². The van der Waals surface area contributed by atoms with Crippen LogP contribution in [-0.4, -0.2) is 164 Å². The fourth-order valence-corrected chi connectivity index (χ4v) is 19.1. The van der Waals surface area contributed by atoms with E-state index in [4.69, 9.17) is 48.9 Å². The molecule has 24 rings (SSSR count). The van der Waals surface area contributed by atoms with Crippen molar-refractivity contribution in [2.45, 2.75) is 163 Å². The van der Waals surface area contributed by atoms with Gasteiger partial charge < -0.3 is 61.3 Å². The number of hydrogen-bond donors (Lipinski definition) is 8. The van der Waals surface area contributed by atoms with E-state index in [1.807, 2.05) is 172 Å². The summed E-state index contributed by atoms with van der Waals surface area (Å²) in [5.41, 5.74) is 25.1. The molecule has 0 atom stereocenters. The standard InChI is InChI=1S/C28H28FN7O.C25H28FN7O.C24H26FN7O2.C24H26FN7O/c1-18-12-25(35(2)34-18)23-16-32-28(31-15-22-21-10-11-37-26(21)9-8-24(22)29)36-17-20(33-27(23)36)14-30-13-19-6-4-3-5-7-19;1-15-10-22(32(2)31-15)20-13-29-25(28-12-19-18-8-9-34-23(18)7-6-21(19)26)33-14-17(30-24(20)33)11-27-16-4-3-5-16;1-14-7-21(30(2)29-14)19-9-27-24(26-8-18-17-5-6-34-22(17)4-3-20(18)25)32-11-15(28-23(19)32)10-31-12-16(33)13-31;1-14-9-21(31(2)30-14)19-12-28-24(32-13-16(29-23(19)32)10-26-15-3-4-15)27-11-18-17-7-8-33-22(17)6-5-20(18)25/h3-9,12,16-17,30H,10-11,13-15H2,1-2H3,(H,31,32);6-7,10,13-14,16,27H,3-5,8-9,11-12H2,1-2H3,(H,28,29);3-4,7,9,11,16,33H,5-6,8,10,12-13H2,1-2H3,(H,26,27);5-6,9,12-13,15,26H,3-4,7-8,10-11H2,1-2H3,(H,27,28). The number of hydrogen-bond acceptors (Lipinski definition) is 25. The molecule has 5 aliphatic heterocycles. The van der Waals surface area contributed by atoms with Gasteiger partial charge in [0.25, 0.3) is 0 Å². The number of halogens is 4. The topological polar surface area (TPSA) is 337 Å². The van der Waals surface area contributed by atoms with Gasteiger partial charge in [-0.15, -0.1) is 0 Å². The molecule has 710 valence electrons. The van der Waals surface area contributed by atoms with Crippen molar-refractivity contribution in [1.29, 1.82) is 0 Å². The molecule has 1 saturated heterocycles. The van der Waals surface area contributed by atoms with Gasteiger partial charge in [-0.3, -0.25) is 41.2 Å². The van der Waals surface area contributed by atoms with Crippen LogP contribution < -0.4 is 56.2 Å². The highest BCUT2D eigenvalue weighted by Gasteiger charge is 2.31. The van der Waals surface area contributed by atoms with Gasteiger partial charge in [-0.1, -0.05) is 36.8 Å². The lowest BCUT2D eigenvalue weighted by molar-refractivity contribution is -0.00346. The maximum atomic E-state index is 14.7. The fraction of sp³-hybridized carbons (Fsp3) is 0.347. The number of nitrogens with one attached hydrogen (secondary N) is 7. The Morgan fingerprint density at radius 2 is 0.681 bits per heavy atom. The van der Waals surface area contributed by atoms with Gasteiger partial charge in [0.15, 0.2) is 22.6 Å². The first-order chi connectivity index (χ1) is 67.1. The Balaban J connectivity index is 0.000000110. The van der Waals surface area contributed by atoms with Crippen LogP contribution in [0, 0.1) is 51.0 Å². The smallest absolute Gasteiger partial charge is 0.208 e. The molecule has 37 heteroatoms. The number of benzene rings is 5. The number of aliphatic hydroxyl groups is 1. The molecular weight excluding hydrogens is 1760 g/mol. The van der Waals surface area contributed by atoms with E-state index in [1.54, 1.807) is 36.7 Å². The Kier molecular flexibility index (Phi) is 25.1. The van der Waals surface area contributed by atoms with Gasteiger partial charge in [0.1, 0.15) is 46.3 Å². The van der Waals surface area contributed by atoms with Crippen LogP contribution in [0.25, 0.3) is 67.6 Å². The minimum absolute atomic E-state index is 0.231. The maximum Gasteiger partial charge on any atom is 0.208 e. The Morgan fingerprint density at radius 3 is 0.978 bits per heavy atom. The molecule has 17 heterocycles. The van der Waals surface area contributed by atoms with Crippen molar-refractivity contribution in [2.75, 3.05) is 60.8 Å². The van der Waals surface area contributed by atoms with E-state index < -0.39 is 0 Å². The number of aromatic nitrogens is 20. The molecule has 7 aliphatic rings. The summed E-state index contributed by atoms with van der Waals surface area (Å²) in [7, 11) is 7.66. The zero-order valence-electron chi connectivity index (χ0n) is 78.1. The third-order valence-electron chi connectivity index (χ3n) is 26.4. The molecule has 5 aromatic carbocycles. The summed E-state index contributed by atoms with van der Waals surface area (Å²) in [6.07, 6.45) is 23.9. The van der Waals surface area contributed by atoms with E-state index in [0.717, 1.165) is 165 Å².